The molecule has 0 aliphatic carbocycles. The highest BCUT2D eigenvalue weighted by atomic mass is 35.5. The normalized spacial score (nSPS) is 21.8. The van der Waals surface area contributed by atoms with Crippen LogP contribution in [-0.4, -0.2) is 46.7 Å². The highest BCUT2D eigenvalue weighted by molar-refractivity contribution is 6.35. The average molecular weight is 545 g/mol. The number of halogens is 5. The van der Waals surface area contributed by atoms with Crippen LogP contribution >= 0.6 is 23.2 Å². The lowest BCUT2D eigenvalue weighted by Gasteiger charge is -2.41. The maximum atomic E-state index is 13.1. The third kappa shape index (κ3) is 5.64. The molecule has 2 saturated heterocycles. The van der Waals surface area contributed by atoms with Gasteiger partial charge in [0.05, 0.1) is 10.7 Å². The van der Waals surface area contributed by atoms with E-state index in [0.717, 1.165) is 12.8 Å². The molecular formula is C24H25Cl2F3N4O3. The SMILES string of the molecule is CC(C)(Oc1ccc(Cl)cc1Cl)C(=O)N[C@H]1C[C@H]2CC[C@@H](C1)N2c1ncccc1NC(=O)C(F)(F)F. The Morgan fingerprint density at radius 2 is 1.75 bits per heavy atom. The van der Waals surface area contributed by atoms with Crippen molar-refractivity contribution in [1.29, 1.82) is 0 Å². The Balaban J connectivity index is 1.44. The molecule has 2 bridgehead atoms. The molecule has 1 aromatic carbocycles. The summed E-state index contributed by atoms with van der Waals surface area (Å²) in [5, 5.41) is 5.73. The van der Waals surface area contributed by atoms with Crippen LogP contribution in [0, 0.1) is 0 Å². The summed E-state index contributed by atoms with van der Waals surface area (Å²) < 4.78 is 44.3. The zero-order chi connectivity index (χ0) is 26.3. The Bertz CT molecular complexity index is 1150. The lowest BCUT2D eigenvalue weighted by molar-refractivity contribution is -0.167. The quantitative estimate of drug-likeness (QED) is 0.511. The molecule has 2 aliphatic heterocycles. The minimum Gasteiger partial charge on any atom is -0.476 e. The first-order chi connectivity index (χ1) is 16.8. The highest BCUT2D eigenvalue weighted by Crippen LogP contribution is 2.41. The van der Waals surface area contributed by atoms with Crippen molar-refractivity contribution < 1.29 is 27.5 Å². The maximum Gasteiger partial charge on any atom is 0.471 e. The fraction of sp³-hybridized carbons (Fsp3) is 0.458. The molecule has 2 aliphatic rings. The molecule has 3 heterocycles. The predicted octanol–water partition coefficient (Wildman–Crippen LogP) is 5.36. The topological polar surface area (TPSA) is 83.6 Å². The van der Waals surface area contributed by atoms with Crippen molar-refractivity contribution in [3.05, 3.63) is 46.6 Å². The number of nitrogens with one attached hydrogen (secondary N) is 2. The molecular weight excluding hydrogens is 520 g/mol. The van der Waals surface area contributed by atoms with Gasteiger partial charge in [-0.3, -0.25) is 9.59 Å². The Hall–Kier alpha value is -2.72. The number of piperidine rings is 1. The van der Waals surface area contributed by atoms with Gasteiger partial charge in [-0.05, 0) is 69.9 Å². The van der Waals surface area contributed by atoms with E-state index in [4.69, 9.17) is 27.9 Å². The molecule has 0 unspecified atom stereocenters. The van der Waals surface area contributed by atoms with Crippen LogP contribution < -0.4 is 20.3 Å². The predicted molar refractivity (Wildman–Crippen MR) is 131 cm³/mol. The van der Waals surface area contributed by atoms with Crippen LogP contribution in [0.5, 0.6) is 5.75 Å². The number of alkyl halides is 3. The molecule has 194 valence electrons. The third-order valence-electron chi connectivity index (χ3n) is 6.41. The van der Waals surface area contributed by atoms with E-state index in [2.05, 4.69) is 10.3 Å². The van der Waals surface area contributed by atoms with Crippen molar-refractivity contribution in [2.75, 3.05) is 10.2 Å². The van der Waals surface area contributed by atoms with Crippen LogP contribution in [0.4, 0.5) is 24.7 Å². The number of carbonyl (C=O) groups is 2. The Labute approximate surface area is 216 Å². The first-order valence-electron chi connectivity index (χ1n) is 11.4. The summed E-state index contributed by atoms with van der Waals surface area (Å²) in [6.45, 7) is 3.28. The fourth-order valence-corrected chi connectivity index (χ4v) is 5.22. The van der Waals surface area contributed by atoms with Crippen LogP contribution in [-0.2, 0) is 9.59 Å². The molecule has 2 amide bonds. The second-order valence-electron chi connectivity index (χ2n) is 9.45. The lowest BCUT2D eigenvalue weighted by Crippen LogP contribution is -2.55. The van der Waals surface area contributed by atoms with Crippen LogP contribution in [0.2, 0.25) is 10.0 Å². The molecule has 1 aromatic heterocycles. The summed E-state index contributed by atoms with van der Waals surface area (Å²) in [4.78, 5) is 30.9. The zero-order valence-corrected chi connectivity index (χ0v) is 21.0. The van der Waals surface area contributed by atoms with Gasteiger partial charge in [0.1, 0.15) is 5.75 Å². The summed E-state index contributed by atoms with van der Waals surface area (Å²) in [6, 6.07) is 7.35. The maximum absolute atomic E-state index is 13.1. The molecule has 2 aromatic rings. The van der Waals surface area contributed by atoms with Gasteiger partial charge in [-0.15, -0.1) is 0 Å². The minimum atomic E-state index is -5.01. The second-order valence-corrected chi connectivity index (χ2v) is 10.3. The first kappa shape index (κ1) is 26.3. The molecule has 0 spiro atoms. The molecule has 3 atom stereocenters. The van der Waals surface area contributed by atoms with Crippen LogP contribution in [0.25, 0.3) is 0 Å². The summed E-state index contributed by atoms with van der Waals surface area (Å²) in [7, 11) is 0. The smallest absolute Gasteiger partial charge is 0.471 e. The van der Waals surface area contributed by atoms with Gasteiger partial charge >= 0.3 is 12.1 Å². The number of benzene rings is 1. The Kier molecular flexibility index (Phi) is 7.30. The van der Waals surface area contributed by atoms with Gasteiger partial charge in [-0.25, -0.2) is 4.98 Å². The van der Waals surface area contributed by atoms with E-state index in [1.165, 1.54) is 24.4 Å². The zero-order valence-electron chi connectivity index (χ0n) is 19.5. The summed E-state index contributed by atoms with van der Waals surface area (Å²) in [5.74, 6) is -1.73. The van der Waals surface area contributed by atoms with Gasteiger partial charge in [0.25, 0.3) is 5.91 Å². The van der Waals surface area contributed by atoms with Crippen LogP contribution in [0.1, 0.15) is 39.5 Å². The summed E-state index contributed by atoms with van der Waals surface area (Å²) in [5.41, 5.74) is -1.21. The number of carbonyl (C=O) groups excluding carboxylic acids is 2. The van der Waals surface area contributed by atoms with Gasteiger partial charge in [0, 0.05) is 29.3 Å². The lowest BCUT2D eigenvalue weighted by atomic mass is 9.96. The number of aromatic nitrogens is 1. The van der Waals surface area contributed by atoms with E-state index in [1.807, 2.05) is 10.2 Å². The highest BCUT2D eigenvalue weighted by Gasteiger charge is 2.45. The third-order valence-corrected chi connectivity index (χ3v) is 6.94. The minimum absolute atomic E-state index is 0.00795. The van der Waals surface area contributed by atoms with E-state index in [9.17, 15) is 22.8 Å². The van der Waals surface area contributed by atoms with Crippen molar-refractivity contribution >= 4 is 46.5 Å². The average Bonchev–Trinajstić information content (AvgIpc) is 3.05. The van der Waals surface area contributed by atoms with Crippen LogP contribution in [0.15, 0.2) is 36.5 Å². The molecule has 7 nitrogen and oxygen atoms in total. The summed E-state index contributed by atoms with van der Waals surface area (Å²) in [6.07, 6.45) is -0.796. The van der Waals surface area contributed by atoms with Crippen molar-refractivity contribution in [1.82, 2.24) is 10.3 Å². The molecule has 2 N–H and O–H groups in total. The standard InChI is InChI=1S/C24H25Cl2F3N4O3/c1-23(2,36-19-8-5-13(25)10-17(19)26)21(34)31-14-11-15-6-7-16(12-14)33(15)20-18(4-3-9-30-20)32-22(35)24(27,28)29/h3-5,8-10,14-16H,6-7,11-12H2,1-2H3,(H,31,34)(H,32,35)/t14-,15+,16-. The van der Waals surface area contributed by atoms with Gasteiger partial charge in [-0.2, -0.15) is 13.2 Å². The van der Waals surface area contributed by atoms with E-state index in [0.29, 0.717) is 34.5 Å². The Morgan fingerprint density at radius 3 is 2.36 bits per heavy atom. The number of amides is 2. The van der Waals surface area contributed by atoms with Gasteiger partial charge in [0.2, 0.25) is 0 Å². The summed E-state index contributed by atoms with van der Waals surface area (Å²) >= 11 is 12.1. The molecule has 4 rings (SSSR count). The number of rotatable bonds is 6. The van der Waals surface area contributed by atoms with Gasteiger partial charge in [-0.1, -0.05) is 23.2 Å². The number of pyridine rings is 1. The number of hydrogen-bond acceptors (Lipinski definition) is 5. The number of nitrogens with zero attached hydrogens (tertiary/aromatic N) is 2. The number of ether oxygens (including phenoxy) is 1. The van der Waals surface area contributed by atoms with Crippen molar-refractivity contribution in [3.63, 3.8) is 0 Å². The Morgan fingerprint density at radius 1 is 1.08 bits per heavy atom. The van der Waals surface area contributed by atoms with E-state index in [1.54, 1.807) is 26.0 Å². The molecule has 2 fully saturated rings. The molecule has 36 heavy (non-hydrogen) atoms. The number of hydrogen-bond donors (Lipinski definition) is 2. The van der Waals surface area contributed by atoms with Gasteiger partial charge in [0.15, 0.2) is 11.4 Å². The molecule has 0 saturated carbocycles. The van der Waals surface area contributed by atoms with Crippen molar-refractivity contribution in [2.45, 2.75) is 69.4 Å². The monoisotopic (exact) mass is 544 g/mol. The van der Waals surface area contributed by atoms with E-state index < -0.39 is 17.7 Å². The largest absolute Gasteiger partial charge is 0.476 e. The molecule has 12 heteroatoms. The van der Waals surface area contributed by atoms with E-state index in [-0.39, 0.29) is 29.7 Å². The first-order valence-corrected chi connectivity index (χ1v) is 12.2. The van der Waals surface area contributed by atoms with Gasteiger partial charge < -0.3 is 20.3 Å². The van der Waals surface area contributed by atoms with Crippen LogP contribution in [0.3, 0.4) is 0 Å². The number of fused-ring (bicyclic) bond motifs is 2. The van der Waals surface area contributed by atoms with E-state index >= 15 is 0 Å². The van der Waals surface area contributed by atoms with Crippen molar-refractivity contribution in [3.8, 4) is 5.75 Å². The fourth-order valence-electron chi connectivity index (χ4n) is 4.77. The van der Waals surface area contributed by atoms with Crippen molar-refractivity contribution in [2.24, 2.45) is 0 Å². The molecule has 0 radical (unpaired) electrons. The number of anilines is 2. The second kappa shape index (κ2) is 9.97.